The molecule has 0 radical (unpaired) electrons. The van der Waals surface area contributed by atoms with Crippen molar-refractivity contribution in [2.45, 2.75) is 36.4 Å². The lowest BCUT2D eigenvalue weighted by atomic mass is 9.93. The van der Waals surface area contributed by atoms with Gasteiger partial charge < -0.3 is 24.0 Å². The first-order valence-electron chi connectivity index (χ1n) is 13.3. The van der Waals surface area contributed by atoms with Gasteiger partial charge in [-0.05, 0) is 51.7 Å². The molecule has 0 saturated carbocycles. The van der Waals surface area contributed by atoms with E-state index in [1.165, 1.54) is 38.5 Å². The molecule has 0 bridgehead atoms. The molecule has 1 fully saturated rings. The summed E-state index contributed by atoms with van der Waals surface area (Å²) in [7, 11) is 3.14. The summed E-state index contributed by atoms with van der Waals surface area (Å²) < 4.78 is 91.1. The number of halogens is 4. The van der Waals surface area contributed by atoms with Gasteiger partial charge in [0.05, 0.1) is 26.5 Å². The van der Waals surface area contributed by atoms with Crippen molar-refractivity contribution in [1.82, 2.24) is 9.88 Å². The zero-order valence-electron chi connectivity index (χ0n) is 24.7. The Morgan fingerprint density at radius 2 is 1.81 bits per heavy atom. The highest BCUT2D eigenvalue weighted by molar-refractivity contribution is 7.92. The van der Waals surface area contributed by atoms with Crippen molar-refractivity contribution in [3.05, 3.63) is 70.6 Å². The zero-order valence-corrected chi connectivity index (χ0v) is 26.3. The fourth-order valence-electron chi connectivity index (χ4n) is 5.27. The Bertz CT molecular complexity index is 1600. The van der Waals surface area contributed by atoms with Crippen LogP contribution in [-0.4, -0.2) is 78.5 Å². The molecule has 1 aromatic heterocycles. The molecule has 1 aliphatic heterocycles. The van der Waals surface area contributed by atoms with Crippen LogP contribution in [0.4, 0.5) is 24.7 Å². The minimum absolute atomic E-state index is 0.00671. The average molecular weight is 643 g/mol. The van der Waals surface area contributed by atoms with Crippen molar-refractivity contribution in [3.8, 4) is 11.5 Å². The summed E-state index contributed by atoms with van der Waals surface area (Å²) in [6.07, 6.45) is 0.547. The number of hydrogen-bond acceptors (Lipinski definition) is 8. The van der Waals surface area contributed by atoms with E-state index in [0.29, 0.717) is 28.6 Å². The van der Waals surface area contributed by atoms with Gasteiger partial charge in [-0.25, -0.2) is 26.5 Å². The monoisotopic (exact) mass is 642 g/mol. The summed E-state index contributed by atoms with van der Waals surface area (Å²) >= 11 is 6.43. The SMILES string of the molecule is COc1ccc(CN(c2cccc(F)n2)S(=O)(=O)c2c(F)cc(N3CCC(OC)(C(C)N(C)C)C3)c(Cl)c2F)c(OC)c1. The first-order valence-corrected chi connectivity index (χ1v) is 15.1. The lowest BCUT2D eigenvalue weighted by molar-refractivity contribution is -0.0456. The first kappa shape index (κ1) is 32.6. The van der Waals surface area contributed by atoms with Crippen molar-refractivity contribution in [2.24, 2.45) is 0 Å². The van der Waals surface area contributed by atoms with Crippen LogP contribution >= 0.6 is 11.6 Å². The Morgan fingerprint density at radius 3 is 2.42 bits per heavy atom. The fraction of sp³-hybridized carbons (Fsp3) is 0.414. The molecule has 0 amide bonds. The molecule has 9 nitrogen and oxygen atoms in total. The molecule has 2 aromatic carbocycles. The van der Waals surface area contributed by atoms with Crippen molar-refractivity contribution in [3.63, 3.8) is 0 Å². The molecule has 0 aliphatic carbocycles. The maximum absolute atomic E-state index is 16.0. The van der Waals surface area contributed by atoms with Crippen molar-refractivity contribution in [1.29, 1.82) is 0 Å². The quantitative estimate of drug-likeness (QED) is 0.211. The lowest BCUT2D eigenvalue weighted by Gasteiger charge is -2.38. The van der Waals surface area contributed by atoms with E-state index in [2.05, 4.69) is 4.98 Å². The Labute approximate surface area is 254 Å². The van der Waals surface area contributed by atoms with Gasteiger partial charge in [0, 0.05) is 43.9 Å². The highest BCUT2D eigenvalue weighted by Gasteiger charge is 2.45. The summed E-state index contributed by atoms with van der Waals surface area (Å²) in [6, 6.07) is 8.91. The maximum atomic E-state index is 16.0. The molecular formula is C29H34ClF3N4O5S. The third-order valence-electron chi connectivity index (χ3n) is 7.96. The van der Waals surface area contributed by atoms with Gasteiger partial charge in [0.25, 0.3) is 10.0 Å². The molecule has 2 heterocycles. The van der Waals surface area contributed by atoms with E-state index in [-0.39, 0.29) is 24.0 Å². The summed E-state index contributed by atoms with van der Waals surface area (Å²) in [4.78, 5) is 6.04. The van der Waals surface area contributed by atoms with Crippen LogP contribution in [0, 0.1) is 17.6 Å². The zero-order chi connectivity index (χ0) is 31.7. The van der Waals surface area contributed by atoms with E-state index >= 15 is 8.78 Å². The summed E-state index contributed by atoms with van der Waals surface area (Å²) in [5.74, 6) is -3.58. The summed E-state index contributed by atoms with van der Waals surface area (Å²) in [5, 5.41) is -0.571. The van der Waals surface area contributed by atoms with Gasteiger partial charge in [0.1, 0.15) is 33.8 Å². The highest BCUT2D eigenvalue weighted by Crippen LogP contribution is 2.41. The molecule has 1 aliphatic rings. The van der Waals surface area contributed by atoms with Crippen LogP contribution in [0.1, 0.15) is 18.9 Å². The third kappa shape index (κ3) is 6.21. The number of likely N-dealkylation sites (N-methyl/N-ethyl adjacent to an activating group) is 1. The minimum Gasteiger partial charge on any atom is -0.497 e. The van der Waals surface area contributed by atoms with Gasteiger partial charge in [-0.3, -0.25) is 0 Å². The standard InChI is InChI=1S/C29H34ClF3N4O5S/c1-18(35(2)3)29(42-6)12-13-36(17-29)22-15-21(31)28(27(33)26(22)30)43(38,39)37(25-9-7-8-24(32)34-25)16-19-10-11-20(40-4)14-23(19)41-5/h7-11,14-15,18H,12-13,16-17H2,1-6H3. The normalized spacial score (nSPS) is 17.8. The molecule has 0 spiro atoms. The largest absolute Gasteiger partial charge is 0.497 e. The van der Waals surface area contributed by atoms with E-state index in [4.69, 9.17) is 25.8 Å². The molecule has 2 unspecified atom stereocenters. The number of pyridine rings is 1. The van der Waals surface area contributed by atoms with Gasteiger partial charge in [-0.1, -0.05) is 17.7 Å². The number of methoxy groups -OCH3 is 3. The lowest BCUT2D eigenvalue weighted by Crippen LogP contribution is -2.51. The maximum Gasteiger partial charge on any atom is 0.271 e. The molecule has 43 heavy (non-hydrogen) atoms. The van der Waals surface area contributed by atoms with E-state index < -0.39 is 55.5 Å². The van der Waals surface area contributed by atoms with E-state index in [0.717, 1.165) is 12.1 Å². The third-order valence-corrected chi connectivity index (χ3v) is 10.1. The van der Waals surface area contributed by atoms with Crippen LogP contribution < -0.4 is 18.7 Å². The number of benzene rings is 2. The Morgan fingerprint density at radius 1 is 1.09 bits per heavy atom. The molecule has 14 heteroatoms. The molecule has 3 aromatic rings. The number of sulfonamides is 1. The number of rotatable bonds is 11. The van der Waals surface area contributed by atoms with Crippen molar-refractivity contribution in [2.75, 3.05) is 57.7 Å². The Balaban J connectivity index is 1.80. The average Bonchev–Trinajstić information content (AvgIpc) is 3.42. The minimum atomic E-state index is -5.05. The van der Waals surface area contributed by atoms with Gasteiger partial charge in [0.2, 0.25) is 5.95 Å². The predicted octanol–water partition coefficient (Wildman–Crippen LogP) is 5.11. The van der Waals surface area contributed by atoms with Gasteiger partial charge >= 0.3 is 0 Å². The van der Waals surface area contributed by atoms with Gasteiger partial charge in [-0.15, -0.1) is 0 Å². The molecular weight excluding hydrogens is 609 g/mol. The first-order chi connectivity index (χ1) is 20.3. The van der Waals surface area contributed by atoms with E-state index in [9.17, 15) is 12.8 Å². The molecule has 234 valence electrons. The smallest absolute Gasteiger partial charge is 0.271 e. The van der Waals surface area contributed by atoms with Crippen LogP contribution in [-0.2, 0) is 21.3 Å². The Hall–Kier alpha value is -3.26. The second-order valence-corrected chi connectivity index (χ2v) is 12.6. The van der Waals surface area contributed by atoms with Crippen LogP contribution in [0.3, 0.4) is 0 Å². The second kappa shape index (κ2) is 12.8. The highest BCUT2D eigenvalue weighted by atomic mass is 35.5. The van der Waals surface area contributed by atoms with E-state index in [1.54, 1.807) is 18.1 Å². The van der Waals surface area contributed by atoms with Crippen LogP contribution in [0.15, 0.2) is 47.4 Å². The predicted molar refractivity (Wildman–Crippen MR) is 158 cm³/mol. The van der Waals surface area contributed by atoms with Crippen molar-refractivity contribution < 1.29 is 35.8 Å². The topological polar surface area (TPSA) is 84.4 Å². The fourth-order valence-corrected chi connectivity index (χ4v) is 7.10. The van der Waals surface area contributed by atoms with Gasteiger partial charge in [-0.2, -0.15) is 4.39 Å². The molecule has 1 saturated heterocycles. The number of anilines is 2. The summed E-state index contributed by atoms with van der Waals surface area (Å²) in [6.45, 7) is 2.12. The Kier molecular flexibility index (Phi) is 9.69. The molecule has 4 rings (SSSR count). The van der Waals surface area contributed by atoms with Crippen LogP contribution in [0.2, 0.25) is 5.02 Å². The van der Waals surface area contributed by atoms with E-state index in [1.807, 2.05) is 25.9 Å². The number of hydrogen-bond donors (Lipinski definition) is 0. The number of ether oxygens (including phenoxy) is 3. The number of nitrogens with zero attached hydrogens (tertiary/aromatic N) is 4. The molecule has 2 atom stereocenters. The van der Waals surface area contributed by atoms with Crippen LogP contribution in [0.25, 0.3) is 0 Å². The summed E-state index contributed by atoms with van der Waals surface area (Å²) in [5.41, 5.74) is -0.362. The van der Waals surface area contributed by atoms with Gasteiger partial charge in [0.15, 0.2) is 10.7 Å². The van der Waals surface area contributed by atoms with Crippen molar-refractivity contribution >= 4 is 33.1 Å². The molecule has 0 N–H and O–H groups in total. The number of aromatic nitrogens is 1. The second-order valence-electron chi connectivity index (χ2n) is 10.4. The van der Waals surface area contributed by atoms with Crippen LogP contribution in [0.5, 0.6) is 11.5 Å².